The van der Waals surface area contributed by atoms with Crippen LogP contribution in [-0.2, 0) is 11.2 Å². The number of aliphatic carboxylic acids is 1. The lowest BCUT2D eigenvalue weighted by Crippen LogP contribution is -2.15. The van der Waals surface area contributed by atoms with Gasteiger partial charge in [-0.15, -0.1) is 0 Å². The Bertz CT molecular complexity index is 323. The van der Waals surface area contributed by atoms with E-state index in [-0.39, 0.29) is 5.92 Å². The number of carboxylic acid groups (broad SMARTS) is 1. The zero-order chi connectivity index (χ0) is 10.6. The summed E-state index contributed by atoms with van der Waals surface area (Å²) >= 11 is 5.80. The zero-order valence-electron chi connectivity index (χ0n) is 8.03. The van der Waals surface area contributed by atoms with Crippen LogP contribution < -0.4 is 0 Å². The smallest absolute Gasteiger partial charge is 0.306 e. The van der Waals surface area contributed by atoms with Gasteiger partial charge in [-0.25, -0.2) is 0 Å². The monoisotopic (exact) mass is 212 g/mol. The average molecular weight is 213 g/mol. The van der Waals surface area contributed by atoms with Crippen LogP contribution in [0, 0.1) is 5.92 Å². The predicted octanol–water partition coefficient (Wildman–Crippen LogP) is 2.99. The molecule has 1 atom stereocenters. The van der Waals surface area contributed by atoms with Crippen LogP contribution in [0.4, 0.5) is 0 Å². The number of halogens is 1. The molecular weight excluding hydrogens is 200 g/mol. The van der Waals surface area contributed by atoms with E-state index in [2.05, 4.69) is 0 Å². The standard InChI is InChI=1S/C11H13ClO2/c1-2-9(11(13)14)6-8-4-3-5-10(12)7-8/h3-5,7,9H,2,6H2,1H3,(H,13,14)/t9-/m0/s1. The van der Waals surface area contributed by atoms with E-state index in [1.165, 1.54) is 0 Å². The number of rotatable bonds is 4. The minimum atomic E-state index is -0.743. The molecule has 0 aliphatic rings. The molecule has 0 aliphatic heterocycles. The summed E-state index contributed by atoms with van der Waals surface area (Å²) in [5, 5.41) is 9.53. The Morgan fingerprint density at radius 3 is 2.79 bits per heavy atom. The lowest BCUT2D eigenvalue weighted by molar-refractivity contribution is -0.141. The Balaban J connectivity index is 2.72. The number of benzene rings is 1. The summed E-state index contributed by atoms with van der Waals surface area (Å²) in [5.74, 6) is -1.05. The molecule has 0 fully saturated rings. The minimum absolute atomic E-state index is 0.312. The van der Waals surface area contributed by atoms with Crippen LogP contribution in [0.5, 0.6) is 0 Å². The van der Waals surface area contributed by atoms with E-state index in [0.29, 0.717) is 17.9 Å². The van der Waals surface area contributed by atoms with Crippen LogP contribution in [0.1, 0.15) is 18.9 Å². The summed E-state index contributed by atoms with van der Waals surface area (Å²) in [6.07, 6.45) is 1.19. The topological polar surface area (TPSA) is 37.3 Å². The van der Waals surface area contributed by atoms with E-state index in [9.17, 15) is 4.79 Å². The molecule has 1 aromatic rings. The molecule has 0 saturated carbocycles. The first kappa shape index (κ1) is 11.1. The maximum atomic E-state index is 10.8. The van der Waals surface area contributed by atoms with Crippen molar-refractivity contribution in [2.75, 3.05) is 0 Å². The van der Waals surface area contributed by atoms with Crippen LogP contribution in [0.2, 0.25) is 5.02 Å². The molecule has 76 valence electrons. The van der Waals surface area contributed by atoms with E-state index < -0.39 is 5.97 Å². The highest BCUT2D eigenvalue weighted by atomic mass is 35.5. The Hall–Kier alpha value is -1.02. The van der Waals surface area contributed by atoms with Crippen molar-refractivity contribution in [3.63, 3.8) is 0 Å². The van der Waals surface area contributed by atoms with Crippen LogP contribution in [0.3, 0.4) is 0 Å². The maximum Gasteiger partial charge on any atom is 0.306 e. The molecule has 0 unspecified atom stereocenters. The van der Waals surface area contributed by atoms with Gasteiger partial charge in [-0.1, -0.05) is 30.7 Å². The second-order valence-electron chi connectivity index (χ2n) is 3.28. The highest BCUT2D eigenvalue weighted by Gasteiger charge is 2.15. The van der Waals surface area contributed by atoms with Gasteiger partial charge < -0.3 is 5.11 Å². The van der Waals surface area contributed by atoms with Gasteiger partial charge in [0.15, 0.2) is 0 Å². The normalized spacial score (nSPS) is 12.4. The summed E-state index contributed by atoms with van der Waals surface area (Å²) in [6, 6.07) is 7.34. The van der Waals surface area contributed by atoms with Crippen molar-refractivity contribution >= 4 is 17.6 Å². The molecule has 1 N–H and O–H groups in total. The van der Waals surface area contributed by atoms with Gasteiger partial charge in [-0.2, -0.15) is 0 Å². The maximum absolute atomic E-state index is 10.8. The van der Waals surface area contributed by atoms with E-state index >= 15 is 0 Å². The van der Waals surface area contributed by atoms with Gasteiger partial charge in [0.25, 0.3) is 0 Å². The third kappa shape index (κ3) is 3.04. The molecule has 0 bridgehead atoms. The number of hydrogen-bond donors (Lipinski definition) is 1. The van der Waals surface area contributed by atoms with Crippen LogP contribution in [0.15, 0.2) is 24.3 Å². The summed E-state index contributed by atoms with van der Waals surface area (Å²) < 4.78 is 0. The number of carbonyl (C=O) groups is 1. The molecule has 0 saturated heterocycles. The predicted molar refractivity (Wildman–Crippen MR) is 56.6 cm³/mol. The molecule has 2 nitrogen and oxygen atoms in total. The van der Waals surface area contributed by atoms with Crippen molar-refractivity contribution in [1.82, 2.24) is 0 Å². The molecular formula is C11H13ClO2. The Labute approximate surface area is 88.5 Å². The minimum Gasteiger partial charge on any atom is -0.481 e. The van der Waals surface area contributed by atoms with Gasteiger partial charge in [-0.05, 0) is 30.5 Å². The zero-order valence-corrected chi connectivity index (χ0v) is 8.79. The number of hydrogen-bond acceptors (Lipinski definition) is 1. The second-order valence-corrected chi connectivity index (χ2v) is 3.71. The molecule has 1 aromatic carbocycles. The average Bonchev–Trinajstić information content (AvgIpc) is 2.14. The van der Waals surface area contributed by atoms with Crippen LogP contribution in [0.25, 0.3) is 0 Å². The van der Waals surface area contributed by atoms with Gasteiger partial charge in [0.05, 0.1) is 5.92 Å². The fraction of sp³-hybridized carbons (Fsp3) is 0.364. The summed E-state index contributed by atoms with van der Waals surface area (Å²) in [5.41, 5.74) is 0.978. The van der Waals surface area contributed by atoms with Gasteiger partial charge >= 0.3 is 5.97 Å². The highest BCUT2D eigenvalue weighted by molar-refractivity contribution is 6.30. The second kappa shape index (κ2) is 5.01. The Kier molecular flexibility index (Phi) is 3.96. The van der Waals surface area contributed by atoms with E-state index in [1.807, 2.05) is 25.1 Å². The van der Waals surface area contributed by atoms with Crippen LogP contribution in [-0.4, -0.2) is 11.1 Å². The van der Waals surface area contributed by atoms with Crippen molar-refractivity contribution in [2.24, 2.45) is 5.92 Å². The molecule has 0 radical (unpaired) electrons. The highest BCUT2D eigenvalue weighted by Crippen LogP contribution is 2.16. The SMILES string of the molecule is CC[C@@H](Cc1cccc(Cl)c1)C(=O)O. The Morgan fingerprint density at radius 2 is 2.29 bits per heavy atom. The van der Waals surface area contributed by atoms with Gasteiger partial charge in [0.2, 0.25) is 0 Å². The third-order valence-corrected chi connectivity index (χ3v) is 2.45. The molecule has 3 heteroatoms. The van der Waals surface area contributed by atoms with Crippen LogP contribution >= 0.6 is 11.6 Å². The lowest BCUT2D eigenvalue weighted by Gasteiger charge is -2.09. The molecule has 0 aliphatic carbocycles. The number of carboxylic acids is 1. The van der Waals surface area contributed by atoms with Crippen molar-refractivity contribution in [2.45, 2.75) is 19.8 Å². The van der Waals surface area contributed by atoms with E-state index in [1.54, 1.807) is 6.07 Å². The molecule has 1 rings (SSSR count). The Morgan fingerprint density at radius 1 is 1.57 bits per heavy atom. The van der Waals surface area contributed by atoms with E-state index in [4.69, 9.17) is 16.7 Å². The summed E-state index contributed by atoms with van der Waals surface area (Å²) in [6.45, 7) is 1.88. The first-order valence-corrected chi connectivity index (χ1v) is 4.98. The third-order valence-electron chi connectivity index (χ3n) is 2.21. The molecule has 0 spiro atoms. The summed E-state index contributed by atoms with van der Waals surface area (Å²) in [7, 11) is 0. The fourth-order valence-corrected chi connectivity index (χ4v) is 1.57. The van der Waals surface area contributed by atoms with Gasteiger partial charge in [0.1, 0.15) is 0 Å². The molecule has 14 heavy (non-hydrogen) atoms. The summed E-state index contributed by atoms with van der Waals surface area (Å²) in [4.78, 5) is 10.8. The quantitative estimate of drug-likeness (QED) is 0.833. The van der Waals surface area contributed by atoms with Crippen molar-refractivity contribution in [3.8, 4) is 0 Å². The first-order chi connectivity index (χ1) is 6.63. The lowest BCUT2D eigenvalue weighted by atomic mass is 9.97. The van der Waals surface area contributed by atoms with Crippen molar-refractivity contribution in [3.05, 3.63) is 34.9 Å². The van der Waals surface area contributed by atoms with Crippen molar-refractivity contribution < 1.29 is 9.90 Å². The molecule has 0 aromatic heterocycles. The fourth-order valence-electron chi connectivity index (χ4n) is 1.35. The largest absolute Gasteiger partial charge is 0.481 e. The van der Waals surface area contributed by atoms with Gasteiger partial charge in [0, 0.05) is 5.02 Å². The van der Waals surface area contributed by atoms with Gasteiger partial charge in [-0.3, -0.25) is 4.79 Å². The van der Waals surface area contributed by atoms with E-state index in [0.717, 1.165) is 5.56 Å². The first-order valence-electron chi connectivity index (χ1n) is 4.60. The van der Waals surface area contributed by atoms with Crippen molar-refractivity contribution in [1.29, 1.82) is 0 Å². The molecule has 0 heterocycles. The molecule has 0 amide bonds.